The smallest absolute Gasteiger partial charge is 0.387 e. The lowest BCUT2D eigenvalue weighted by Gasteiger charge is -2.12. The molecule has 1 aromatic heterocycles. The van der Waals surface area contributed by atoms with Crippen LogP contribution in [0.4, 0.5) is 13.2 Å². The quantitative estimate of drug-likeness (QED) is 0.498. The van der Waals surface area contributed by atoms with Gasteiger partial charge in [0.05, 0.1) is 0 Å². The van der Waals surface area contributed by atoms with Crippen molar-refractivity contribution in [2.24, 2.45) is 0 Å². The van der Waals surface area contributed by atoms with E-state index in [4.69, 9.17) is 4.52 Å². The van der Waals surface area contributed by atoms with Gasteiger partial charge in [-0.2, -0.15) is 13.8 Å². The number of amides is 1. The zero-order chi connectivity index (χ0) is 21.7. The van der Waals surface area contributed by atoms with Gasteiger partial charge in [0.15, 0.2) is 0 Å². The first-order valence-electron chi connectivity index (χ1n) is 8.91. The molecule has 0 bridgehead atoms. The van der Waals surface area contributed by atoms with Crippen LogP contribution in [0.15, 0.2) is 45.4 Å². The highest BCUT2D eigenvalue weighted by atomic mass is 79.9. The Labute approximate surface area is 178 Å². The summed E-state index contributed by atoms with van der Waals surface area (Å²) in [7, 11) is 0. The highest BCUT2D eigenvalue weighted by Gasteiger charge is 2.14. The fourth-order valence-corrected chi connectivity index (χ4v) is 3.01. The van der Waals surface area contributed by atoms with Gasteiger partial charge < -0.3 is 14.6 Å². The Morgan fingerprint density at radius 3 is 2.80 bits per heavy atom. The molecule has 1 heterocycles. The van der Waals surface area contributed by atoms with Crippen LogP contribution in [0.1, 0.15) is 23.4 Å². The molecule has 0 fully saturated rings. The van der Waals surface area contributed by atoms with Gasteiger partial charge in [-0.05, 0) is 36.8 Å². The van der Waals surface area contributed by atoms with Crippen LogP contribution in [-0.4, -0.2) is 22.7 Å². The average molecular weight is 484 g/mol. The van der Waals surface area contributed by atoms with Crippen molar-refractivity contribution in [3.8, 4) is 17.1 Å². The monoisotopic (exact) mass is 483 g/mol. The maximum absolute atomic E-state index is 13.7. The van der Waals surface area contributed by atoms with Crippen LogP contribution >= 0.6 is 15.9 Å². The minimum Gasteiger partial charge on any atom is -0.434 e. The van der Waals surface area contributed by atoms with Crippen molar-refractivity contribution in [2.45, 2.75) is 32.9 Å². The number of benzene rings is 2. The number of nitrogens with one attached hydrogen (secondary N) is 1. The number of aryl methyl sites for hydroxylation is 2. The molecule has 10 heteroatoms. The molecule has 0 atom stereocenters. The van der Waals surface area contributed by atoms with E-state index in [-0.39, 0.29) is 48.6 Å². The maximum Gasteiger partial charge on any atom is 0.387 e. The summed E-state index contributed by atoms with van der Waals surface area (Å²) in [5.74, 6) is -0.266. The molecular weight excluding hydrogens is 467 g/mol. The average Bonchev–Trinajstić information content (AvgIpc) is 3.17. The predicted molar refractivity (Wildman–Crippen MR) is 105 cm³/mol. The third-order valence-corrected chi connectivity index (χ3v) is 4.67. The van der Waals surface area contributed by atoms with Gasteiger partial charge in [-0.1, -0.05) is 33.2 Å². The third kappa shape index (κ3) is 5.82. The van der Waals surface area contributed by atoms with Gasteiger partial charge in [0.2, 0.25) is 17.6 Å². The summed E-state index contributed by atoms with van der Waals surface area (Å²) in [6, 6.07) is 9.15. The molecule has 1 N–H and O–H groups in total. The van der Waals surface area contributed by atoms with E-state index >= 15 is 0 Å². The van der Waals surface area contributed by atoms with Crippen molar-refractivity contribution in [3.05, 3.63) is 63.7 Å². The molecule has 0 unspecified atom stereocenters. The highest BCUT2D eigenvalue weighted by molar-refractivity contribution is 9.10. The van der Waals surface area contributed by atoms with E-state index < -0.39 is 6.61 Å². The summed E-state index contributed by atoms with van der Waals surface area (Å²) in [6.45, 7) is -1.30. The van der Waals surface area contributed by atoms with Gasteiger partial charge in [0, 0.05) is 35.0 Å². The number of carbonyl (C=O) groups is 1. The van der Waals surface area contributed by atoms with Crippen LogP contribution in [-0.2, 0) is 17.8 Å². The summed E-state index contributed by atoms with van der Waals surface area (Å²) in [5, 5.41) is 6.44. The Balaban J connectivity index is 1.55. The second-order valence-corrected chi connectivity index (χ2v) is 7.30. The van der Waals surface area contributed by atoms with Crippen LogP contribution in [0.2, 0.25) is 0 Å². The summed E-state index contributed by atoms with van der Waals surface area (Å²) in [6.07, 6.45) is 0.217. The Bertz CT molecular complexity index is 1040. The van der Waals surface area contributed by atoms with Crippen LogP contribution in [0, 0.1) is 12.7 Å². The topological polar surface area (TPSA) is 77.2 Å². The van der Waals surface area contributed by atoms with Crippen molar-refractivity contribution in [1.29, 1.82) is 0 Å². The molecule has 0 radical (unpaired) electrons. The molecule has 3 rings (SSSR count). The number of ether oxygens (including phenoxy) is 1. The van der Waals surface area contributed by atoms with Crippen LogP contribution in [0.5, 0.6) is 5.75 Å². The van der Waals surface area contributed by atoms with Gasteiger partial charge in [-0.25, -0.2) is 4.39 Å². The zero-order valence-electron chi connectivity index (χ0n) is 15.8. The first kappa shape index (κ1) is 21.8. The van der Waals surface area contributed by atoms with E-state index in [2.05, 4.69) is 36.1 Å². The summed E-state index contributed by atoms with van der Waals surface area (Å²) in [5.41, 5.74) is 1.38. The zero-order valence-corrected chi connectivity index (χ0v) is 17.4. The van der Waals surface area contributed by atoms with Crippen molar-refractivity contribution < 1.29 is 27.2 Å². The van der Waals surface area contributed by atoms with Crippen molar-refractivity contribution in [1.82, 2.24) is 15.5 Å². The minimum absolute atomic E-state index is 0.0120. The molecule has 0 aliphatic rings. The number of hydrogen-bond acceptors (Lipinski definition) is 5. The lowest BCUT2D eigenvalue weighted by Crippen LogP contribution is -2.23. The van der Waals surface area contributed by atoms with Gasteiger partial charge in [-0.3, -0.25) is 4.79 Å². The fourth-order valence-electron chi connectivity index (χ4n) is 2.61. The van der Waals surface area contributed by atoms with Crippen LogP contribution in [0.25, 0.3) is 11.4 Å². The maximum atomic E-state index is 13.7. The van der Waals surface area contributed by atoms with Crippen molar-refractivity contribution >= 4 is 21.8 Å². The first-order valence-corrected chi connectivity index (χ1v) is 9.70. The minimum atomic E-state index is -2.96. The molecular formula is C20H17BrF3N3O3. The molecule has 0 spiro atoms. The Kier molecular flexibility index (Phi) is 7.09. The predicted octanol–water partition coefficient (Wildman–Crippen LogP) is 4.80. The number of halogens is 4. The van der Waals surface area contributed by atoms with Gasteiger partial charge in [-0.15, -0.1) is 0 Å². The lowest BCUT2D eigenvalue weighted by molar-refractivity contribution is -0.121. The largest absolute Gasteiger partial charge is 0.434 e. The van der Waals surface area contributed by atoms with Crippen LogP contribution < -0.4 is 10.1 Å². The summed E-state index contributed by atoms with van der Waals surface area (Å²) < 4.78 is 48.9. The van der Waals surface area contributed by atoms with E-state index in [9.17, 15) is 18.0 Å². The van der Waals surface area contributed by atoms with E-state index in [0.29, 0.717) is 21.2 Å². The Hall–Kier alpha value is -2.88. The molecule has 0 aliphatic carbocycles. The molecule has 30 heavy (non-hydrogen) atoms. The molecule has 2 aromatic carbocycles. The van der Waals surface area contributed by atoms with Crippen molar-refractivity contribution in [2.75, 3.05) is 0 Å². The molecule has 3 aromatic rings. The fraction of sp³-hybridized carbons (Fsp3) is 0.250. The normalized spacial score (nSPS) is 11.0. The number of rotatable bonds is 8. The number of aromatic nitrogens is 2. The van der Waals surface area contributed by atoms with Gasteiger partial charge in [0.25, 0.3) is 0 Å². The lowest BCUT2D eigenvalue weighted by atomic mass is 10.1. The summed E-state index contributed by atoms with van der Waals surface area (Å²) >= 11 is 3.25. The van der Waals surface area contributed by atoms with E-state index in [1.54, 1.807) is 31.2 Å². The van der Waals surface area contributed by atoms with Gasteiger partial charge >= 0.3 is 6.61 Å². The number of carbonyl (C=O) groups excluding carboxylic acids is 1. The molecule has 1 amide bonds. The molecule has 0 aliphatic heterocycles. The van der Waals surface area contributed by atoms with Crippen LogP contribution in [0.3, 0.4) is 0 Å². The van der Waals surface area contributed by atoms with E-state index in [1.807, 2.05) is 0 Å². The first-order chi connectivity index (χ1) is 14.3. The standard InChI is InChI=1S/C20H17BrF3N3O3/c1-11-2-3-12(9-15(11)22)19-26-18(30-27-19)7-6-17(28)25-10-13-8-14(21)4-5-16(13)29-20(23)24/h2-5,8-9,20H,6-7,10H2,1H3,(H,25,28). The Morgan fingerprint density at radius 1 is 1.27 bits per heavy atom. The number of nitrogens with zero attached hydrogens (tertiary/aromatic N) is 2. The molecule has 6 nitrogen and oxygen atoms in total. The molecule has 0 saturated heterocycles. The van der Waals surface area contributed by atoms with Gasteiger partial charge in [0.1, 0.15) is 11.6 Å². The second-order valence-electron chi connectivity index (χ2n) is 6.38. The molecule has 158 valence electrons. The van der Waals surface area contributed by atoms with Crippen molar-refractivity contribution in [3.63, 3.8) is 0 Å². The second kappa shape index (κ2) is 9.75. The Morgan fingerprint density at radius 2 is 2.07 bits per heavy atom. The number of alkyl halides is 2. The SMILES string of the molecule is Cc1ccc(-c2noc(CCC(=O)NCc3cc(Br)ccc3OC(F)F)n2)cc1F. The van der Waals surface area contributed by atoms with E-state index in [0.717, 1.165) is 0 Å². The third-order valence-electron chi connectivity index (χ3n) is 4.18. The highest BCUT2D eigenvalue weighted by Crippen LogP contribution is 2.25. The van der Waals surface area contributed by atoms with E-state index in [1.165, 1.54) is 12.1 Å². The summed E-state index contributed by atoms with van der Waals surface area (Å²) in [4.78, 5) is 16.3. The number of hydrogen-bond donors (Lipinski definition) is 1. The molecule has 0 saturated carbocycles.